The number of carbonyl (C=O) groups is 2. The molecule has 0 radical (unpaired) electrons. The van der Waals surface area contributed by atoms with Crippen molar-refractivity contribution in [2.75, 3.05) is 0 Å². The molecule has 9 nitrogen and oxygen atoms in total. The smallest absolute Gasteiger partial charge is 0.408 e. The number of nitrogens with zero attached hydrogens (tertiary/aromatic N) is 1. The van der Waals surface area contributed by atoms with Gasteiger partial charge in [-0.2, -0.15) is 0 Å². The van der Waals surface area contributed by atoms with Crippen molar-refractivity contribution in [2.24, 2.45) is 0 Å². The summed E-state index contributed by atoms with van der Waals surface area (Å²) in [5.74, 6) is -0.405. The average molecular weight is 493 g/mol. The Labute approximate surface area is 209 Å². The Morgan fingerprint density at radius 1 is 1.06 bits per heavy atom. The van der Waals surface area contributed by atoms with Crippen molar-refractivity contribution >= 4 is 12.0 Å². The van der Waals surface area contributed by atoms with Gasteiger partial charge in [-0.15, -0.1) is 0 Å². The molecule has 0 bridgehead atoms. The van der Waals surface area contributed by atoms with Crippen molar-refractivity contribution in [3.8, 4) is 5.75 Å². The molecule has 0 aliphatic heterocycles. The third-order valence-electron chi connectivity index (χ3n) is 5.30. The quantitative estimate of drug-likeness (QED) is 0.382. The van der Waals surface area contributed by atoms with E-state index < -0.39 is 23.6 Å². The molecule has 2 aromatic carbocycles. The topological polar surface area (TPSA) is 133 Å². The molecule has 1 heterocycles. The van der Waals surface area contributed by atoms with Crippen molar-refractivity contribution in [1.82, 2.24) is 20.6 Å². The van der Waals surface area contributed by atoms with Gasteiger partial charge in [0.1, 0.15) is 23.1 Å². The second kappa shape index (κ2) is 11.5. The number of hydrogen-bond acceptors (Lipinski definition) is 6. The number of carbonyl (C=O) groups excluding carboxylic acids is 2. The van der Waals surface area contributed by atoms with Crippen molar-refractivity contribution < 1.29 is 19.4 Å². The maximum Gasteiger partial charge on any atom is 0.408 e. The van der Waals surface area contributed by atoms with Crippen LogP contribution in [0.5, 0.6) is 5.75 Å². The maximum absolute atomic E-state index is 13.0. The van der Waals surface area contributed by atoms with Crippen molar-refractivity contribution in [3.05, 3.63) is 93.2 Å². The van der Waals surface area contributed by atoms with Crippen LogP contribution in [0.1, 0.15) is 49.0 Å². The lowest BCUT2D eigenvalue weighted by Crippen LogP contribution is -2.49. The minimum Gasteiger partial charge on any atom is -0.508 e. The fourth-order valence-corrected chi connectivity index (χ4v) is 3.53. The zero-order chi connectivity index (χ0) is 26.3. The Bertz CT molecular complexity index is 1250. The highest BCUT2D eigenvalue weighted by molar-refractivity contribution is 5.86. The minimum absolute atomic E-state index is 0.0937. The second-order valence-electron chi connectivity index (χ2n) is 9.53. The summed E-state index contributed by atoms with van der Waals surface area (Å²) in [7, 11) is 0. The molecule has 4 N–H and O–H groups in total. The number of phenols is 1. The summed E-state index contributed by atoms with van der Waals surface area (Å²) >= 11 is 0. The first-order valence-electron chi connectivity index (χ1n) is 11.7. The van der Waals surface area contributed by atoms with E-state index in [1.54, 1.807) is 39.8 Å². The Hall–Kier alpha value is -4.14. The number of nitrogens with one attached hydrogen (secondary N) is 3. The summed E-state index contributed by atoms with van der Waals surface area (Å²) in [6, 6.07) is 15.1. The predicted octanol–water partition coefficient (Wildman–Crippen LogP) is 3.13. The molecule has 1 aromatic heterocycles. The van der Waals surface area contributed by atoms with Gasteiger partial charge < -0.3 is 25.5 Å². The van der Waals surface area contributed by atoms with Gasteiger partial charge in [0.2, 0.25) is 5.91 Å². The monoisotopic (exact) mass is 492 g/mol. The van der Waals surface area contributed by atoms with E-state index in [0.29, 0.717) is 17.8 Å². The van der Waals surface area contributed by atoms with E-state index >= 15 is 0 Å². The molecular weight excluding hydrogens is 460 g/mol. The summed E-state index contributed by atoms with van der Waals surface area (Å²) in [5, 5.41) is 14.8. The van der Waals surface area contributed by atoms with Crippen molar-refractivity contribution in [1.29, 1.82) is 0 Å². The summed E-state index contributed by atoms with van der Waals surface area (Å²) in [5.41, 5.74) is 2.18. The van der Waals surface area contributed by atoms with Gasteiger partial charge in [0, 0.05) is 18.5 Å². The lowest BCUT2D eigenvalue weighted by molar-refractivity contribution is -0.123. The number of H-pyrrole nitrogens is 1. The van der Waals surface area contributed by atoms with Gasteiger partial charge in [-0.3, -0.25) is 9.59 Å². The van der Waals surface area contributed by atoms with Crippen LogP contribution < -0.4 is 16.2 Å². The lowest BCUT2D eigenvalue weighted by Gasteiger charge is -2.23. The first kappa shape index (κ1) is 26.5. The highest BCUT2D eigenvalue weighted by Gasteiger charge is 2.25. The summed E-state index contributed by atoms with van der Waals surface area (Å²) in [4.78, 5) is 45.3. The number of aromatic hydroxyl groups is 1. The molecule has 190 valence electrons. The number of alkyl carbamates (subject to hydrolysis) is 1. The van der Waals surface area contributed by atoms with E-state index in [0.717, 1.165) is 11.1 Å². The van der Waals surface area contributed by atoms with Gasteiger partial charge in [-0.05, 0) is 51.0 Å². The number of phenolic OH excluding ortho intramolecular Hbond substituents is 1. The molecule has 9 heteroatoms. The zero-order valence-corrected chi connectivity index (χ0v) is 20.9. The highest BCUT2D eigenvalue weighted by Crippen LogP contribution is 2.13. The summed E-state index contributed by atoms with van der Waals surface area (Å²) in [6.45, 7) is 6.87. The van der Waals surface area contributed by atoms with Gasteiger partial charge in [0.05, 0.1) is 12.2 Å². The number of benzene rings is 2. The first-order chi connectivity index (χ1) is 17.0. The zero-order valence-electron chi connectivity index (χ0n) is 20.9. The van der Waals surface area contributed by atoms with E-state index in [1.165, 1.54) is 12.1 Å². The number of aryl methyl sites for hydroxylation is 1. The van der Waals surface area contributed by atoms with Gasteiger partial charge in [0.25, 0.3) is 5.56 Å². The van der Waals surface area contributed by atoms with Crippen LogP contribution >= 0.6 is 0 Å². The molecule has 0 unspecified atom stereocenters. The first-order valence-corrected chi connectivity index (χ1v) is 11.7. The molecule has 0 aliphatic carbocycles. The van der Waals surface area contributed by atoms with E-state index in [4.69, 9.17) is 4.74 Å². The minimum atomic E-state index is -0.970. The number of ether oxygens (including phenoxy) is 1. The summed E-state index contributed by atoms with van der Waals surface area (Å²) < 4.78 is 5.30. The summed E-state index contributed by atoms with van der Waals surface area (Å²) in [6.07, 6.45) is -0.0428. The Morgan fingerprint density at radius 3 is 2.36 bits per heavy atom. The van der Waals surface area contributed by atoms with Gasteiger partial charge in [-0.25, -0.2) is 9.78 Å². The molecule has 3 aromatic rings. The maximum atomic E-state index is 13.0. The standard InChI is InChI=1S/C27H32N4O5/c1-17-21(14-18-8-6-5-7-9-18)30-25(34)23(29-17)16-28-24(33)22(31-26(35)36-27(2,3)4)15-19-10-12-20(32)13-11-19/h5-13,22,32H,14-16H2,1-4H3,(H,28,33)(H,30,34)(H,31,35)/t22-/m0/s1. The van der Waals surface area contributed by atoms with Crippen LogP contribution in [-0.2, 0) is 28.9 Å². The molecular formula is C27H32N4O5. The molecule has 0 saturated carbocycles. The van der Waals surface area contributed by atoms with Gasteiger partial charge in [-0.1, -0.05) is 42.5 Å². The van der Waals surface area contributed by atoms with Crippen molar-refractivity contribution in [2.45, 2.75) is 58.7 Å². The van der Waals surface area contributed by atoms with Crippen LogP contribution in [0.15, 0.2) is 59.4 Å². The van der Waals surface area contributed by atoms with E-state index in [1.807, 2.05) is 30.3 Å². The van der Waals surface area contributed by atoms with E-state index in [9.17, 15) is 19.5 Å². The Morgan fingerprint density at radius 2 is 1.72 bits per heavy atom. The predicted molar refractivity (Wildman–Crippen MR) is 136 cm³/mol. The molecule has 36 heavy (non-hydrogen) atoms. The fraction of sp³-hybridized carbons (Fsp3) is 0.333. The average Bonchev–Trinajstić information content (AvgIpc) is 2.80. The fourth-order valence-electron chi connectivity index (χ4n) is 3.53. The third-order valence-corrected chi connectivity index (χ3v) is 5.30. The largest absolute Gasteiger partial charge is 0.508 e. The SMILES string of the molecule is Cc1nc(CNC(=O)[C@H](Cc2ccc(O)cc2)NC(=O)OC(C)(C)C)c(=O)[nH]c1Cc1ccccc1. The van der Waals surface area contributed by atoms with Crippen LogP contribution in [-0.4, -0.2) is 38.7 Å². The van der Waals surface area contributed by atoms with Crippen LogP contribution in [0.25, 0.3) is 0 Å². The van der Waals surface area contributed by atoms with Crippen LogP contribution in [0.4, 0.5) is 4.79 Å². The van der Waals surface area contributed by atoms with Crippen LogP contribution in [0, 0.1) is 6.92 Å². The Kier molecular flexibility index (Phi) is 8.47. The molecule has 3 rings (SSSR count). The molecule has 2 amide bonds. The Balaban J connectivity index is 1.71. The molecule has 0 spiro atoms. The van der Waals surface area contributed by atoms with E-state index in [2.05, 4.69) is 20.6 Å². The van der Waals surface area contributed by atoms with Gasteiger partial charge >= 0.3 is 6.09 Å². The van der Waals surface area contributed by atoms with Gasteiger partial charge in [0.15, 0.2) is 0 Å². The highest BCUT2D eigenvalue weighted by atomic mass is 16.6. The van der Waals surface area contributed by atoms with Crippen LogP contribution in [0.2, 0.25) is 0 Å². The molecule has 1 atom stereocenters. The molecule has 0 fully saturated rings. The number of aromatic amines is 1. The number of aromatic nitrogens is 2. The lowest BCUT2D eigenvalue weighted by atomic mass is 10.1. The normalized spacial score (nSPS) is 12.0. The number of rotatable bonds is 8. The third kappa shape index (κ3) is 7.97. The van der Waals surface area contributed by atoms with Crippen LogP contribution in [0.3, 0.4) is 0 Å². The second-order valence-corrected chi connectivity index (χ2v) is 9.53. The number of hydrogen-bond donors (Lipinski definition) is 4. The molecule has 0 saturated heterocycles. The van der Waals surface area contributed by atoms with Crippen molar-refractivity contribution in [3.63, 3.8) is 0 Å². The molecule has 0 aliphatic rings. The van der Waals surface area contributed by atoms with E-state index in [-0.39, 0.29) is 30.0 Å². The number of amides is 2.